The molecule has 1 aliphatic rings. The molecule has 0 saturated carbocycles. The summed E-state index contributed by atoms with van der Waals surface area (Å²) < 4.78 is 5.32. The fourth-order valence-corrected chi connectivity index (χ4v) is 3.19. The van der Waals surface area contributed by atoms with E-state index in [4.69, 9.17) is 11.2 Å². The van der Waals surface area contributed by atoms with Crippen LogP contribution in [0.15, 0.2) is 42.5 Å². The van der Waals surface area contributed by atoms with Crippen molar-refractivity contribution >= 4 is 0 Å². The summed E-state index contributed by atoms with van der Waals surface area (Å²) in [4.78, 5) is 0. The van der Waals surface area contributed by atoms with Crippen LogP contribution in [0.1, 0.15) is 34.6 Å². The molecule has 0 saturated heterocycles. The van der Waals surface area contributed by atoms with Crippen LogP contribution in [-0.2, 0) is 6.42 Å². The molecule has 0 radical (unpaired) electrons. The second-order valence-electron chi connectivity index (χ2n) is 5.39. The molecule has 2 unspecified atom stereocenters. The normalized spacial score (nSPS) is 17.3. The molecule has 2 aromatic carbocycles. The topological polar surface area (TPSA) is 29.5 Å². The maximum absolute atomic E-state index is 10.5. The molecule has 1 N–H and O–H groups in total. The first-order chi connectivity index (χ1) is 10.2. The van der Waals surface area contributed by atoms with Crippen LogP contribution in [0.4, 0.5) is 0 Å². The summed E-state index contributed by atoms with van der Waals surface area (Å²) in [7, 11) is 1.67. The standard InChI is InChI=1S/C19H18O2/c1-3-6-18(20)19-16-8-5-4-7-13(16)11-14-12-15(21-2)9-10-17(14)19/h1,4-5,7-10,12,18-20H,6,11H2,2H3. The molecule has 0 heterocycles. The smallest absolute Gasteiger partial charge is 0.119 e. The zero-order valence-corrected chi connectivity index (χ0v) is 12.0. The average Bonchev–Trinajstić information content (AvgIpc) is 2.52. The van der Waals surface area contributed by atoms with E-state index in [9.17, 15) is 5.11 Å². The Bertz CT molecular complexity index is 697. The molecule has 2 nitrogen and oxygen atoms in total. The van der Waals surface area contributed by atoms with Crippen molar-refractivity contribution < 1.29 is 9.84 Å². The number of ether oxygens (including phenoxy) is 1. The molecule has 106 valence electrons. The molecule has 2 heteroatoms. The highest BCUT2D eigenvalue weighted by atomic mass is 16.5. The van der Waals surface area contributed by atoms with E-state index in [1.165, 1.54) is 16.7 Å². The molecule has 2 aromatic rings. The minimum absolute atomic E-state index is 0.0630. The minimum atomic E-state index is -0.566. The summed E-state index contributed by atoms with van der Waals surface area (Å²) in [5.74, 6) is 3.36. The quantitative estimate of drug-likeness (QED) is 0.874. The lowest BCUT2D eigenvalue weighted by atomic mass is 9.75. The van der Waals surface area contributed by atoms with E-state index in [-0.39, 0.29) is 5.92 Å². The van der Waals surface area contributed by atoms with Crippen LogP contribution in [0.25, 0.3) is 0 Å². The molecule has 2 atom stereocenters. The van der Waals surface area contributed by atoms with Gasteiger partial charge in [0.2, 0.25) is 0 Å². The van der Waals surface area contributed by atoms with Gasteiger partial charge in [-0.25, -0.2) is 0 Å². The number of benzene rings is 2. The zero-order valence-electron chi connectivity index (χ0n) is 12.0. The molecule has 3 rings (SSSR count). The van der Waals surface area contributed by atoms with Crippen molar-refractivity contribution in [2.45, 2.75) is 24.9 Å². The molecule has 0 amide bonds. The Morgan fingerprint density at radius 1 is 1.24 bits per heavy atom. The highest BCUT2D eigenvalue weighted by Gasteiger charge is 2.30. The highest BCUT2D eigenvalue weighted by molar-refractivity contribution is 5.52. The molecular formula is C19H18O2. The molecule has 0 bridgehead atoms. The van der Waals surface area contributed by atoms with Gasteiger partial charge in [-0.1, -0.05) is 30.3 Å². The van der Waals surface area contributed by atoms with Crippen molar-refractivity contribution in [3.05, 3.63) is 64.7 Å². The van der Waals surface area contributed by atoms with Crippen LogP contribution in [0.3, 0.4) is 0 Å². The van der Waals surface area contributed by atoms with Gasteiger partial charge >= 0.3 is 0 Å². The van der Waals surface area contributed by atoms with Gasteiger partial charge in [0.05, 0.1) is 13.2 Å². The molecule has 0 aliphatic heterocycles. The number of methoxy groups -OCH3 is 1. The van der Waals surface area contributed by atoms with Crippen LogP contribution in [0.2, 0.25) is 0 Å². The predicted octanol–water partition coefficient (Wildman–Crippen LogP) is 3.12. The fourth-order valence-electron chi connectivity index (χ4n) is 3.19. The van der Waals surface area contributed by atoms with E-state index in [1.54, 1.807) is 7.11 Å². The molecule has 0 fully saturated rings. The number of aliphatic hydroxyl groups excluding tert-OH is 1. The van der Waals surface area contributed by atoms with Crippen molar-refractivity contribution in [3.63, 3.8) is 0 Å². The summed E-state index contributed by atoms with van der Waals surface area (Å²) >= 11 is 0. The lowest BCUT2D eigenvalue weighted by Gasteiger charge is -2.31. The Morgan fingerprint density at radius 2 is 2.00 bits per heavy atom. The Balaban J connectivity index is 2.13. The van der Waals surface area contributed by atoms with E-state index >= 15 is 0 Å². The summed E-state index contributed by atoms with van der Waals surface area (Å²) in [6.45, 7) is 0. The van der Waals surface area contributed by atoms with Crippen molar-refractivity contribution in [1.82, 2.24) is 0 Å². The Labute approximate surface area is 125 Å². The summed E-state index contributed by atoms with van der Waals surface area (Å²) in [6, 6.07) is 14.3. The van der Waals surface area contributed by atoms with Crippen LogP contribution in [0.5, 0.6) is 5.75 Å². The molecule has 0 aromatic heterocycles. The monoisotopic (exact) mass is 278 g/mol. The van der Waals surface area contributed by atoms with Crippen LogP contribution in [-0.4, -0.2) is 18.3 Å². The maximum atomic E-state index is 10.5. The molecule has 21 heavy (non-hydrogen) atoms. The van der Waals surface area contributed by atoms with Crippen molar-refractivity contribution in [2.75, 3.05) is 7.11 Å². The van der Waals surface area contributed by atoms with Crippen LogP contribution in [0, 0.1) is 12.3 Å². The van der Waals surface area contributed by atoms with E-state index < -0.39 is 6.10 Å². The van der Waals surface area contributed by atoms with Gasteiger partial charge in [0.1, 0.15) is 5.75 Å². The SMILES string of the molecule is C#CCC(O)C1c2ccccc2Cc2cc(OC)ccc21. The largest absolute Gasteiger partial charge is 0.497 e. The third kappa shape index (κ3) is 2.41. The van der Waals surface area contributed by atoms with E-state index in [0.29, 0.717) is 6.42 Å². The maximum Gasteiger partial charge on any atom is 0.119 e. The van der Waals surface area contributed by atoms with Gasteiger partial charge in [0, 0.05) is 12.3 Å². The number of fused-ring (bicyclic) bond motifs is 2. The predicted molar refractivity (Wildman–Crippen MR) is 83.5 cm³/mol. The first-order valence-corrected chi connectivity index (χ1v) is 7.10. The molecule has 1 aliphatic carbocycles. The Kier molecular flexibility index (Phi) is 3.68. The third-order valence-corrected chi connectivity index (χ3v) is 4.17. The van der Waals surface area contributed by atoms with Gasteiger partial charge in [-0.2, -0.15) is 0 Å². The fraction of sp³-hybridized carbons (Fsp3) is 0.263. The van der Waals surface area contributed by atoms with E-state index in [1.807, 2.05) is 18.2 Å². The van der Waals surface area contributed by atoms with E-state index in [2.05, 4.69) is 30.2 Å². The third-order valence-electron chi connectivity index (χ3n) is 4.17. The first-order valence-electron chi connectivity index (χ1n) is 7.10. The second kappa shape index (κ2) is 5.63. The van der Waals surface area contributed by atoms with Crippen LogP contribution >= 0.6 is 0 Å². The lowest BCUT2D eigenvalue weighted by molar-refractivity contribution is 0.160. The number of aliphatic hydroxyl groups is 1. The van der Waals surface area contributed by atoms with E-state index in [0.717, 1.165) is 17.7 Å². The van der Waals surface area contributed by atoms with Gasteiger partial charge in [0.25, 0.3) is 0 Å². The summed E-state index contributed by atoms with van der Waals surface area (Å²) in [5.41, 5.74) is 4.78. The van der Waals surface area contributed by atoms with Gasteiger partial charge in [-0.15, -0.1) is 12.3 Å². The molecular weight excluding hydrogens is 260 g/mol. The first kappa shape index (κ1) is 13.7. The summed E-state index contributed by atoms with van der Waals surface area (Å²) in [5, 5.41) is 10.5. The zero-order chi connectivity index (χ0) is 14.8. The second-order valence-corrected chi connectivity index (χ2v) is 5.39. The minimum Gasteiger partial charge on any atom is -0.497 e. The Hall–Kier alpha value is -2.24. The number of hydrogen-bond acceptors (Lipinski definition) is 2. The van der Waals surface area contributed by atoms with Gasteiger partial charge in [-0.3, -0.25) is 0 Å². The average molecular weight is 278 g/mol. The van der Waals surface area contributed by atoms with Gasteiger partial charge < -0.3 is 9.84 Å². The van der Waals surface area contributed by atoms with Crippen molar-refractivity contribution in [1.29, 1.82) is 0 Å². The molecule has 0 spiro atoms. The number of hydrogen-bond donors (Lipinski definition) is 1. The summed E-state index contributed by atoms with van der Waals surface area (Å²) in [6.07, 6.45) is 6.04. The van der Waals surface area contributed by atoms with Crippen LogP contribution < -0.4 is 4.74 Å². The lowest BCUT2D eigenvalue weighted by Crippen LogP contribution is -2.25. The number of rotatable bonds is 3. The van der Waals surface area contributed by atoms with Crippen molar-refractivity contribution in [2.24, 2.45) is 0 Å². The van der Waals surface area contributed by atoms with Gasteiger partial charge in [-0.05, 0) is 40.8 Å². The van der Waals surface area contributed by atoms with Crippen molar-refractivity contribution in [3.8, 4) is 18.1 Å². The number of terminal acetylenes is 1. The Morgan fingerprint density at radius 3 is 2.76 bits per heavy atom. The van der Waals surface area contributed by atoms with Gasteiger partial charge in [0.15, 0.2) is 0 Å². The highest BCUT2D eigenvalue weighted by Crippen LogP contribution is 2.40.